The summed E-state index contributed by atoms with van der Waals surface area (Å²) in [6, 6.07) is 4.68. The minimum Gasteiger partial charge on any atom is -0.496 e. The van der Waals surface area contributed by atoms with E-state index in [0.29, 0.717) is 5.92 Å². The van der Waals surface area contributed by atoms with E-state index in [9.17, 15) is 4.39 Å². The van der Waals surface area contributed by atoms with Gasteiger partial charge in [-0.2, -0.15) is 0 Å². The highest BCUT2D eigenvalue weighted by Gasteiger charge is 2.19. The van der Waals surface area contributed by atoms with Crippen LogP contribution >= 0.6 is 0 Å². The predicted octanol–water partition coefficient (Wildman–Crippen LogP) is 2.00. The molecule has 1 fully saturated rings. The van der Waals surface area contributed by atoms with Crippen LogP contribution in [-0.4, -0.2) is 31.6 Å². The number of hydrogen-bond donors (Lipinski definition) is 1. The van der Waals surface area contributed by atoms with Gasteiger partial charge in [-0.1, -0.05) is 0 Å². The van der Waals surface area contributed by atoms with Crippen molar-refractivity contribution < 1.29 is 9.13 Å². The Balaban J connectivity index is 2.06. The Bertz CT molecular complexity index is 397. The third-order valence-corrected chi connectivity index (χ3v) is 3.57. The molecule has 1 aromatic rings. The molecular formula is C14H21FN2O. The fourth-order valence-electron chi connectivity index (χ4n) is 2.60. The molecule has 0 aliphatic carbocycles. The van der Waals surface area contributed by atoms with Crippen LogP contribution in [0.5, 0.6) is 5.75 Å². The van der Waals surface area contributed by atoms with Crippen LogP contribution in [0.15, 0.2) is 18.2 Å². The molecule has 2 rings (SSSR count). The predicted molar refractivity (Wildman–Crippen MR) is 70.0 cm³/mol. The van der Waals surface area contributed by atoms with Gasteiger partial charge in [0.25, 0.3) is 0 Å². The topological polar surface area (TPSA) is 38.5 Å². The monoisotopic (exact) mass is 252 g/mol. The molecule has 100 valence electrons. The zero-order valence-electron chi connectivity index (χ0n) is 10.9. The molecule has 0 amide bonds. The first-order valence-corrected chi connectivity index (χ1v) is 6.47. The summed E-state index contributed by atoms with van der Waals surface area (Å²) in [6.45, 7) is 3.51. The average molecular weight is 252 g/mol. The number of likely N-dealkylation sites (tertiary alicyclic amines) is 1. The van der Waals surface area contributed by atoms with Gasteiger partial charge in [-0.05, 0) is 50.0 Å². The van der Waals surface area contributed by atoms with E-state index in [1.54, 1.807) is 19.2 Å². The average Bonchev–Trinajstić information content (AvgIpc) is 2.39. The van der Waals surface area contributed by atoms with Gasteiger partial charge in [0.15, 0.2) is 0 Å². The standard InChI is InChI=1S/C14H21FN2O/c1-18-14-5-4-13(15)7-12(14)10-17-6-2-3-11(8-16)9-17/h4-5,7,11H,2-3,6,8-10,16H2,1H3. The Kier molecular flexibility index (Phi) is 4.55. The maximum absolute atomic E-state index is 13.3. The van der Waals surface area contributed by atoms with Gasteiger partial charge in [0.05, 0.1) is 7.11 Å². The van der Waals surface area contributed by atoms with E-state index in [1.807, 2.05) is 0 Å². The fraction of sp³-hybridized carbons (Fsp3) is 0.571. The lowest BCUT2D eigenvalue weighted by molar-refractivity contribution is 0.169. The number of nitrogens with two attached hydrogens (primary N) is 1. The van der Waals surface area contributed by atoms with Crippen LogP contribution in [0.4, 0.5) is 4.39 Å². The number of benzene rings is 1. The smallest absolute Gasteiger partial charge is 0.123 e. The van der Waals surface area contributed by atoms with Gasteiger partial charge in [0.1, 0.15) is 11.6 Å². The van der Waals surface area contributed by atoms with Crippen LogP contribution in [0, 0.1) is 11.7 Å². The summed E-state index contributed by atoms with van der Waals surface area (Å²) in [5.41, 5.74) is 6.64. The summed E-state index contributed by atoms with van der Waals surface area (Å²) in [6.07, 6.45) is 2.37. The molecule has 0 saturated carbocycles. The second kappa shape index (κ2) is 6.16. The highest BCUT2D eigenvalue weighted by molar-refractivity contribution is 5.33. The molecule has 0 aromatic heterocycles. The van der Waals surface area contributed by atoms with Gasteiger partial charge in [-0.25, -0.2) is 4.39 Å². The Morgan fingerprint density at radius 3 is 3.06 bits per heavy atom. The van der Waals surface area contributed by atoms with E-state index in [2.05, 4.69) is 4.90 Å². The molecule has 0 radical (unpaired) electrons. The third-order valence-electron chi connectivity index (χ3n) is 3.57. The molecule has 1 heterocycles. The maximum Gasteiger partial charge on any atom is 0.123 e. The van der Waals surface area contributed by atoms with Gasteiger partial charge in [-0.15, -0.1) is 0 Å². The fourth-order valence-corrected chi connectivity index (χ4v) is 2.60. The number of ether oxygens (including phenoxy) is 1. The number of nitrogens with zero attached hydrogens (tertiary/aromatic N) is 1. The molecular weight excluding hydrogens is 231 g/mol. The maximum atomic E-state index is 13.3. The van der Waals surface area contributed by atoms with E-state index < -0.39 is 0 Å². The largest absolute Gasteiger partial charge is 0.496 e. The molecule has 4 heteroatoms. The number of rotatable bonds is 4. The Labute approximate surface area is 108 Å². The Hall–Kier alpha value is -1.13. The van der Waals surface area contributed by atoms with Crippen molar-refractivity contribution in [1.29, 1.82) is 0 Å². The van der Waals surface area contributed by atoms with Gasteiger partial charge in [0.2, 0.25) is 0 Å². The molecule has 1 unspecified atom stereocenters. The highest BCUT2D eigenvalue weighted by Crippen LogP contribution is 2.24. The minimum absolute atomic E-state index is 0.210. The summed E-state index contributed by atoms with van der Waals surface area (Å²) in [7, 11) is 1.62. The first kappa shape index (κ1) is 13.3. The van der Waals surface area contributed by atoms with Gasteiger partial charge in [-0.3, -0.25) is 4.90 Å². The van der Waals surface area contributed by atoms with Crippen molar-refractivity contribution in [1.82, 2.24) is 4.90 Å². The normalized spacial score (nSPS) is 20.9. The van der Waals surface area contributed by atoms with Crippen molar-refractivity contribution in [2.24, 2.45) is 11.7 Å². The molecule has 1 aliphatic rings. The lowest BCUT2D eigenvalue weighted by Crippen LogP contribution is -2.37. The first-order valence-electron chi connectivity index (χ1n) is 6.47. The van der Waals surface area contributed by atoms with Crippen LogP contribution in [0.1, 0.15) is 18.4 Å². The van der Waals surface area contributed by atoms with Gasteiger partial charge >= 0.3 is 0 Å². The SMILES string of the molecule is COc1ccc(F)cc1CN1CCCC(CN)C1. The molecule has 1 atom stereocenters. The van der Waals surface area contributed by atoms with Crippen LogP contribution in [-0.2, 0) is 6.54 Å². The van der Waals surface area contributed by atoms with Crippen molar-refractivity contribution >= 4 is 0 Å². The molecule has 1 aliphatic heterocycles. The van der Waals surface area contributed by atoms with Crippen LogP contribution in [0.3, 0.4) is 0 Å². The third kappa shape index (κ3) is 3.21. The Morgan fingerprint density at radius 1 is 1.50 bits per heavy atom. The van der Waals surface area contributed by atoms with Crippen molar-refractivity contribution in [2.45, 2.75) is 19.4 Å². The number of methoxy groups -OCH3 is 1. The lowest BCUT2D eigenvalue weighted by atomic mass is 9.98. The number of hydrogen-bond acceptors (Lipinski definition) is 3. The zero-order chi connectivity index (χ0) is 13.0. The van der Waals surface area contributed by atoms with Gasteiger partial charge in [0, 0.05) is 18.7 Å². The highest BCUT2D eigenvalue weighted by atomic mass is 19.1. The van der Waals surface area contributed by atoms with Crippen LogP contribution in [0.2, 0.25) is 0 Å². The van der Waals surface area contributed by atoms with E-state index in [4.69, 9.17) is 10.5 Å². The van der Waals surface area contributed by atoms with Crippen molar-refractivity contribution in [3.8, 4) is 5.75 Å². The molecule has 2 N–H and O–H groups in total. The molecule has 1 aromatic carbocycles. The van der Waals surface area contributed by atoms with Crippen LogP contribution < -0.4 is 10.5 Å². The second-order valence-electron chi connectivity index (χ2n) is 4.94. The summed E-state index contributed by atoms with van der Waals surface area (Å²) < 4.78 is 18.6. The first-order chi connectivity index (χ1) is 8.72. The van der Waals surface area contributed by atoms with E-state index in [-0.39, 0.29) is 5.82 Å². The van der Waals surface area contributed by atoms with E-state index in [0.717, 1.165) is 37.5 Å². The molecule has 0 bridgehead atoms. The molecule has 0 spiro atoms. The van der Waals surface area contributed by atoms with E-state index in [1.165, 1.54) is 18.9 Å². The summed E-state index contributed by atoms with van der Waals surface area (Å²) in [5, 5.41) is 0. The molecule has 3 nitrogen and oxygen atoms in total. The Morgan fingerprint density at radius 2 is 2.33 bits per heavy atom. The van der Waals surface area contributed by atoms with Crippen molar-refractivity contribution in [3.63, 3.8) is 0 Å². The summed E-state index contributed by atoms with van der Waals surface area (Å²) in [4.78, 5) is 2.33. The van der Waals surface area contributed by atoms with Crippen molar-refractivity contribution in [2.75, 3.05) is 26.7 Å². The minimum atomic E-state index is -0.210. The number of piperidine rings is 1. The molecule has 1 saturated heterocycles. The second-order valence-corrected chi connectivity index (χ2v) is 4.94. The summed E-state index contributed by atoms with van der Waals surface area (Å²) in [5.74, 6) is 1.11. The van der Waals surface area contributed by atoms with Crippen LogP contribution in [0.25, 0.3) is 0 Å². The van der Waals surface area contributed by atoms with E-state index >= 15 is 0 Å². The zero-order valence-corrected chi connectivity index (χ0v) is 10.9. The van der Waals surface area contributed by atoms with Gasteiger partial charge < -0.3 is 10.5 Å². The van der Waals surface area contributed by atoms with Crippen molar-refractivity contribution in [3.05, 3.63) is 29.6 Å². The number of halogens is 1. The molecule has 18 heavy (non-hydrogen) atoms. The summed E-state index contributed by atoms with van der Waals surface area (Å²) >= 11 is 0. The quantitative estimate of drug-likeness (QED) is 0.891. The lowest BCUT2D eigenvalue weighted by Gasteiger charge is -2.32.